The normalized spacial score (nSPS) is 17.2. The van der Waals surface area contributed by atoms with Crippen LogP contribution < -0.4 is 10.2 Å². The Morgan fingerprint density at radius 1 is 1.21 bits per heavy atom. The molecule has 4 nitrogen and oxygen atoms in total. The molecule has 2 aromatic rings. The van der Waals surface area contributed by atoms with Gasteiger partial charge in [-0.05, 0) is 30.2 Å². The second kappa shape index (κ2) is 6.83. The maximum absolute atomic E-state index is 13.9. The van der Waals surface area contributed by atoms with Crippen LogP contribution in [0, 0.1) is 11.7 Å². The Morgan fingerprint density at radius 2 is 1.92 bits per heavy atom. The molecule has 0 unspecified atom stereocenters. The first kappa shape index (κ1) is 16.2. The third-order valence-electron chi connectivity index (χ3n) is 4.30. The zero-order valence-corrected chi connectivity index (χ0v) is 13.5. The number of halogens is 1. The molecule has 2 amide bonds. The Balaban J connectivity index is 1.74. The fourth-order valence-electron chi connectivity index (χ4n) is 2.97. The Bertz CT molecular complexity index is 775. The van der Waals surface area contributed by atoms with Crippen LogP contribution in [-0.4, -0.2) is 18.4 Å². The summed E-state index contributed by atoms with van der Waals surface area (Å²) in [4.78, 5) is 26.1. The van der Waals surface area contributed by atoms with Gasteiger partial charge < -0.3 is 10.2 Å². The van der Waals surface area contributed by atoms with E-state index in [1.165, 1.54) is 11.0 Å². The molecule has 1 saturated heterocycles. The van der Waals surface area contributed by atoms with Crippen LogP contribution in [0.3, 0.4) is 0 Å². The van der Waals surface area contributed by atoms with E-state index < -0.39 is 11.7 Å². The molecule has 0 radical (unpaired) electrons. The number of aryl methyl sites for hydroxylation is 1. The zero-order valence-electron chi connectivity index (χ0n) is 13.5. The molecule has 1 atom stereocenters. The summed E-state index contributed by atoms with van der Waals surface area (Å²) < 4.78 is 13.9. The van der Waals surface area contributed by atoms with E-state index in [2.05, 4.69) is 5.32 Å². The van der Waals surface area contributed by atoms with Crippen LogP contribution in [0.15, 0.2) is 48.5 Å². The first-order valence-corrected chi connectivity index (χ1v) is 8.03. The molecule has 0 spiro atoms. The molecule has 1 aliphatic rings. The molecule has 124 valence electrons. The number of hydrogen-bond acceptors (Lipinski definition) is 2. The van der Waals surface area contributed by atoms with E-state index in [0.29, 0.717) is 0 Å². The second-order valence-electron chi connectivity index (χ2n) is 5.86. The lowest BCUT2D eigenvalue weighted by Crippen LogP contribution is -2.28. The lowest BCUT2D eigenvalue weighted by atomic mass is 10.1. The van der Waals surface area contributed by atoms with E-state index >= 15 is 0 Å². The van der Waals surface area contributed by atoms with Crippen LogP contribution >= 0.6 is 0 Å². The van der Waals surface area contributed by atoms with Crippen LogP contribution in [0.25, 0.3) is 0 Å². The van der Waals surface area contributed by atoms with E-state index in [0.717, 1.165) is 17.7 Å². The molecule has 3 rings (SSSR count). The number of anilines is 2. The Hall–Kier alpha value is -2.69. The predicted molar refractivity (Wildman–Crippen MR) is 91.3 cm³/mol. The minimum atomic E-state index is -0.484. The summed E-state index contributed by atoms with van der Waals surface area (Å²) in [6.07, 6.45) is 0.899. The van der Waals surface area contributed by atoms with Gasteiger partial charge >= 0.3 is 0 Å². The third kappa shape index (κ3) is 3.15. The fraction of sp³-hybridized carbons (Fsp3) is 0.263. The maximum atomic E-state index is 13.9. The molecule has 1 aliphatic heterocycles. The average Bonchev–Trinajstić information content (AvgIpc) is 2.97. The van der Waals surface area contributed by atoms with Crippen molar-refractivity contribution < 1.29 is 14.0 Å². The largest absolute Gasteiger partial charge is 0.326 e. The van der Waals surface area contributed by atoms with Crippen LogP contribution in [0.5, 0.6) is 0 Å². The first-order chi connectivity index (χ1) is 11.6. The monoisotopic (exact) mass is 326 g/mol. The van der Waals surface area contributed by atoms with Crippen LogP contribution in [0.2, 0.25) is 0 Å². The maximum Gasteiger partial charge on any atom is 0.229 e. The standard InChI is InChI=1S/C19H19FN2O2/c1-2-13-7-3-5-9-16(13)21-19(24)14-11-18(23)22(12-14)17-10-6-4-8-15(17)20/h3-10,14H,2,11-12H2,1H3,(H,21,24)/t14-/m1/s1. The number of amides is 2. The van der Waals surface area contributed by atoms with Gasteiger partial charge in [0, 0.05) is 18.7 Å². The SMILES string of the molecule is CCc1ccccc1NC(=O)[C@@H]1CC(=O)N(c2ccccc2F)C1. The minimum Gasteiger partial charge on any atom is -0.326 e. The van der Waals surface area contributed by atoms with Gasteiger partial charge in [-0.3, -0.25) is 9.59 Å². The summed E-state index contributed by atoms with van der Waals surface area (Å²) in [5.41, 5.74) is 2.04. The summed E-state index contributed by atoms with van der Waals surface area (Å²) in [5.74, 6) is -1.38. The van der Waals surface area contributed by atoms with Gasteiger partial charge in [-0.2, -0.15) is 0 Å². The van der Waals surface area contributed by atoms with E-state index in [1.807, 2.05) is 31.2 Å². The number of carbonyl (C=O) groups is 2. The smallest absolute Gasteiger partial charge is 0.229 e. The van der Waals surface area contributed by atoms with Gasteiger partial charge in [0.1, 0.15) is 5.82 Å². The molecule has 0 aliphatic carbocycles. The molecule has 2 aromatic carbocycles. The van der Waals surface area contributed by atoms with Gasteiger partial charge in [0.2, 0.25) is 11.8 Å². The number of para-hydroxylation sites is 2. The quantitative estimate of drug-likeness (QED) is 0.936. The van der Waals surface area contributed by atoms with Gasteiger partial charge in [0.15, 0.2) is 0 Å². The summed E-state index contributed by atoms with van der Waals surface area (Å²) in [5, 5.41) is 2.90. The highest BCUT2D eigenvalue weighted by molar-refractivity contribution is 6.03. The zero-order chi connectivity index (χ0) is 17.1. The van der Waals surface area contributed by atoms with E-state index in [9.17, 15) is 14.0 Å². The molecule has 1 N–H and O–H groups in total. The summed E-state index contributed by atoms with van der Waals surface area (Å²) >= 11 is 0. The van der Waals surface area contributed by atoms with Gasteiger partial charge in [-0.25, -0.2) is 4.39 Å². The second-order valence-corrected chi connectivity index (χ2v) is 5.86. The Kier molecular flexibility index (Phi) is 4.60. The number of carbonyl (C=O) groups excluding carboxylic acids is 2. The fourth-order valence-corrected chi connectivity index (χ4v) is 2.97. The van der Waals surface area contributed by atoms with Crippen molar-refractivity contribution >= 4 is 23.2 Å². The highest BCUT2D eigenvalue weighted by Crippen LogP contribution is 2.28. The lowest BCUT2D eigenvalue weighted by molar-refractivity contribution is -0.122. The highest BCUT2D eigenvalue weighted by atomic mass is 19.1. The molecule has 0 bridgehead atoms. The molecule has 0 aromatic heterocycles. The number of benzene rings is 2. The molecule has 1 fully saturated rings. The van der Waals surface area contributed by atoms with Crippen molar-refractivity contribution in [2.24, 2.45) is 5.92 Å². The molecular weight excluding hydrogens is 307 g/mol. The first-order valence-electron chi connectivity index (χ1n) is 8.03. The number of hydrogen-bond donors (Lipinski definition) is 1. The van der Waals surface area contributed by atoms with Crippen molar-refractivity contribution in [1.82, 2.24) is 0 Å². The predicted octanol–water partition coefficient (Wildman–Crippen LogP) is 3.38. The van der Waals surface area contributed by atoms with E-state index in [-0.39, 0.29) is 30.5 Å². The number of rotatable bonds is 4. The Labute approximate surface area is 140 Å². The van der Waals surface area contributed by atoms with Crippen molar-refractivity contribution in [2.45, 2.75) is 19.8 Å². The van der Waals surface area contributed by atoms with Gasteiger partial charge in [0.05, 0.1) is 11.6 Å². The molecule has 0 saturated carbocycles. The van der Waals surface area contributed by atoms with Gasteiger partial charge in [0.25, 0.3) is 0 Å². The van der Waals surface area contributed by atoms with Crippen LogP contribution in [-0.2, 0) is 16.0 Å². The van der Waals surface area contributed by atoms with Crippen molar-refractivity contribution in [3.8, 4) is 0 Å². The third-order valence-corrected chi connectivity index (χ3v) is 4.30. The molecule has 5 heteroatoms. The molecule has 24 heavy (non-hydrogen) atoms. The lowest BCUT2D eigenvalue weighted by Gasteiger charge is -2.17. The number of nitrogens with one attached hydrogen (secondary N) is 1. The van der Waals surface area contributed by atoms with Crippen molar-refractivity contribution in [3.05, 3.63) is 59.9 Å². The van der Waals surface area contributed by atoms with E-state index in [1.54, 1.807) is 18.2 Å². The van der Waals surface area contributed by atoms with Gasteiger partial charge in [-0.15, -0.1) is 0 Å². The van der Waals surface area contributed by atoms with E-state index in [4.69, 9.17) is 0 Å². The Morgan fingerprint density at radius 3 is 2.67 bits per heavy atom. The summed E-state index contributed by atoms with van der Waals surface area (Å²) in [6, 6.07) is 13.7. The van der Waals surface area contributed by atoms with Crippen molar-refractivity contribution in [1.29, 1.82) is 0 Å². The molecule has 1 heterocycles. The summed E-state index contributed by atoms with van der Waals surface area (Å²) in [6.45, 7) is 2.21. The van der Waals surface area contributed by atoms with Crippen LogP contribution in [0.1, 0.15) is 18.9 Å². The minimum absolute atomic E-state index is 0.0917. The molecular formula is C19H19FN2O2. The van der Waals surface area contributed by atoms with Crippen LogP contribution in [0.4, 0.5) is 15.8 Å². The van der Waals surface area contributed by atoms with Crippen molar-refractivity contribution in [2.75, 3.05) is 16.8 Å². The number of nitrogens with zero attached hydrogens (tertiary/aromatic N) is 1. The van der Waals surface area contributed by atoms with Crippen molar-refractivity contribution in [3.63, 3.8) is 0 Å². The highest BCUT2D eigenvalue weighted by Gasteiger charge is 2.36. The summed E-state index contributed by atoms with van der Waals surface area (Å²) in [7, 11) is 0. The van der Waals surface area contributed by atoms with Gasteiger partial charge in [-0.1, -0.05) is 37.3 Å². The average molecular weight is 326 g/mol. The topological polar surface area (TPSA) is 49.4 Å².